The van der Waals surface area contributed by atoms with E-state index in [2.05, 4.69) is 5.10 Å². The molecule has 2 aromatic rings. The normalized spacial score (nSPS) is 17.8. The van der Waals surface area contributed by atoms with Gasteiger partial charge in [0, 0.05) is 6.54 Å². The topological polar surface area (TPSA) is 84.7 Å². The molecule has 0 aliphatic carbocycles. The summed E-state index contributed by atoms with van der Waals surface area (Å²) in [4.78, 5) is 24.7. The molecule has 0 saturated carbocycles. The predicted molar refractivity (Wildman–Crippen MR) is 86.6 cm³/mol. The van der Waals surface area contributed by atoms with Crippen LogP contribution in [0.2, 0.25) is 0 Å². The molecule has 0 spiro atoms. The molecule has 1 aliphatic heterocycles. The number of aliphatic carboxylic acids is 1. The second-order valence-corrected chi connectivity index (χ2v) is 6.10. The van der Waals surface area contributed by atoms with Gasteiger partial charge in [0.25, 0.3) is 5.91 Å². The highest BCUT2D eigenvalue weighted by molar-refractivity contribution is 5.96. The van der Waals surface area contributed by atoms with Gasteiger partial charge in [-0.1, -0.05) is 17.7 Å². The Hall–Kier alpha value is -2.88. The van der Waals surface area contributed by atoms with Gasteiger partial charge in [-0.15, -0.1) is 0 Å². The number of alkyl halides is 3. The Kier molecular flexibility index (Phi) is 4.92. The molecule has 1 amide bonds. The fraction of sp³-hybridized carbons (Fsp3) is 0.353. The molecule has 1 aromatic heterocycles. The number of halogens is 3. The molecule has 1 aromatic carbocycles. The zero-order chi connectivity index (χ0) is 19.8. The van der Waals surface area contributed by atoms with Gasteiger partial charge in [-0.3, -0.25) is 4.79 Å². The van der Waals surface area contributed by atoms with Crippen molar-refractivity contribution in [3.05, 3.63) is 47.3 Å². The first-order valence-electron chi connectivity index (χ1n) is 8.04. The van der Waals surface area contributed by atoms with Gasteiger partial charge in [-0.25, -0.2) is 9.48 Å². The van der Waals surface area contributed by atoms with Crippen LogP contribution in [0.3, 0.4) is 0 Å². The molecule has 1 aliphatic rings. The van der Waals surface area contributed by atoms with Gasteiger partial charge in [0.15, 0.2) is 11.8 Å². The number of hydrogen-bond donors (Lipinski definition) is 1. The lowest BCUT2D eigenvalue weighted by Gasteiger charge is -2.31. The standard InChI is InChI=1S/C17H16F3N3O4/c1-10-2-4-11(5-3-10)23-14(17(18,19)20)12(8-21-23)15(24)22-6-7-27-13(9-22)16(25)26/h2-5,8,13H,6-7,9H2,1H3,(H,25,26)/t13-/m0/s1. The van der Waals surface area contributed by atoms with Crippen LogP contribution in [0.4, 0.5) is 13.2 Å². The first kappa shape index (κ1) is 18.9. The van der Waals surface area contributed by atoms with Gasteiger partial charge in [0.05, 0.1) is 30.6 Å². The summed E-state index contributed by atoms with van der Waals surface area (Å²) in [6.07, 6.45) is -5.25. The van der Waals surface area contributed by atoms with Gasteiger partial charge in [0.2, 0.25) is 0 Å². The summed E-state index contributed by atoms with van der Waals surface area (Å²) in [6, 6.07) is 6.22. The third kappa shape index (κ3) is 3.80. The van der Waals surface area contributed by atoms with Gasteiger partial charge in [0.1, 0.15) is 0 Å². The number of aromatic nitrogens is 2. The van der Waals surface area contributed by atoms with E-state index in [9.17, 15) is 22.8 Å². The highest BCUT2D eigenvalue weighted by Crippen LogP contribution is 2.34. The minimum Gasteiger partial charge on any atom is -0.479 e. The molecule has 1 fully saturated rings. The first-order valence-corrected chi connectivity index (χ1v) is 8.04. The highest BCUT2D eigenvalue weighted by atomic mass is 19.4. The van der Waals surface area contributed by atoms with E-state index in [1.807, 2.05) is 0 Å². The van der Waals surface area contributed by atoms with Gasteiger partial charge < -0.3 is 14.7 Å². The zero-order valence-corrected chi connectivity index (χ0v) is 14.2. The molecule has 1 N–H and O–H groups in total. The summed E-state index contributed by atoms with van der Waals surface area (Å²) >= 11 is 0. The second-order valence-electron chi connectivity index (χ2n) is 6.10. The van der Waals surface area contributed by atoms with Crippen LogP contribution in [0, 0.1) is 6.92 Å². The largest absolute Gasteiger partial charge is 0.479 e. The molecule has 10 heteroatoms. The molecule has 3 rings (SSSR count). The Bertz CT molecular complexity index is 861. The Morgan fingerprint density at radius 3 is 2.52 bits per heavy atom. The fourth-order valence-electron chi connectivity index (χ4n) is 2.81. The van der Waals surface area contributed by atoms with E-state index < -0.39 is 35.4 Å². The summed E-state index contributed by atoms with van der Waals surface area (Å²) in [5.41, 5.74) is -0.801. The number of morpholine rings is 1. The zero-order valence-electron chi connectivity index (χ0n) is 14.2. The van der Waals surface area contributed by atoms with Crippen molar-refractivity contribution < 1.29 is 32.6 Å². The van der Waals surface area contributed by atoms with E-state index in [1.165, 1.54) is 12.1 Å². The molecule has 7 nitrogen and oxygen atoms in total. The maximum atomic E-state index is 13.7. The fourth-order valence-corrected chi connectivity index (χ4v) is 2.81. The van der Waals surface area contributed by atoms with Crippen LogP contribution in [0.25, 0.3) is 5.69 Å². The summed E-state index contributed by atoms with van der Waals surface area (Å²) in [5.74, 6) is -2.21. The number of hydrogen-bond acceptors (Lipinski definition) is 4. The Balaban J connectivity index is 1.99. The number of carbonyl (C=O) groups is 2. The molecule has 27 heavy (non-hydrogen) atoms. The minimum atomic E-state index is -4.83. The molecule has 144 valence electrons. The van der Waals surface area contributed by atoms with Gasteiger partial charge in [-0.05, 0) is 19.1 Å². The smallest absolute Gasteiger partial charge is 0.434 e. The van der Waals surface area contributed by atoms with Crippen LogP contribution in [-0.4, -0.2) is 57.5 Å². The van der Waals surface area contributed by atoms with Crippen LogP contribution >= 0.6 is 0 Å². The quantitative estimate of drug-likeness (QED) is 0.878. The van der Waals surface area contributed by atoms with E-state index in [4.69, 9.17) is 9.84 Å². The number of nitrogens with zero attached hydrogens (tertiary/aromatic N) is 3. The summed E-state index contributed by atoms with van der Waals surface area (Å²) in [7, 11) is 0. The van der Waals surface area contributed by atoms with Crippen molar-refractivity contribution in [2.75, 3.05) is 19.7 Å². The molecule has 1 saturated heterocycles. The lowest BCUT2D eigenvalue weighted by molar-refractivity contribution is -0.154. The van der Waals surface area contributed by atoms with Crippen molar-refractivity contribution in [2.45, 2.75) is 19.2 Å². The van der Waals surface area contributed by atoms with Crippen LogP contribution in [0.15, 0.2) is 30.5 Å². The van der Waals surface area contributed by atoms with E-state index in [0.29, 0.717) is 4.68 Å². The third-order valence-electron chi connectivity index (χ3n) is 4.18. The van der Waals surface area contributed by atoms with Crippen molar-refractivity contribution in [3.63, 3.8) is 0 Å². The monoisotopic (exact) mass is 383 g/mol. The van der Waals surface area contributed by atoms with Gasteiger partial charge in [-0.2, -0.15) is 18.3 Å². The number of benzene rings is 1. The van der Waals surface area contributed by atoms with Crippen LogP contribution in [-0.2, 0) is 15.7 Å². The van der Waals surface area contributed by atoms with E-state index in [1.54, 1.807) is 19.1 Å². The van der Waals surface area contributed by atoms with E-state index in [0.717, 1.165) is 16.7 Å². The SMILES string of the molecule is Cc1ccc(-n2ncc(C(=O)N3CCO[C@H](C(=O)O)C3)c2C(F)(F)F)cc1. The summed E-state index contributed by atoms with van der Waals surface area (Å²) in [5, 5.41) is 12.8. The number of amides is 1. The van der Waals surface area contributed by atoms with Crippen LogP contribution in [0.5, 0.6) is 0 Å². The number of carboxylic acid groups (broad SMARTS) is 1. The molecular weight excluding hydrogens is 367 g/mol. The molecule has 1 atom stereocenters. The third-order valence-corrected chi connectivity index (χ3v) is 4.18. The first-order chi connectivity index (χ1) is 12.7. The number of rotatable bonds is 3. The van der Waals surface area contributed by atoms with Crippen LogP contribution < -0.4 is 0 Å². The highest BCUT2D eigenvalue weighted by Gasteiger charge is 2.42. The van der Waals surface area contributed by atoms with Gasteiger partial charge >= 0.3 is 12.1 Å². The maximum absolute atomic E-state index is 13.7. The van der Waals surface area contributed by atoms with E-state index >= 15 is 0 Å². The minimum absolute atomic E-state index is 0.00434. The average molecular weight is 383 g/mol. The van der Waals surface area contributed by atoms with Crippen LogP contribution in [0.1, 0.15) is 21.6 Å². The number of ether oxygens (including phenoxy) is 1. The average Bonchev–Trinajstić information content (AvgIpc) is 3.07. The number of aryl methyl sites for hydroxylation is 1. The molecular formula is C17H16F3N3O4. The van der Waals surface area contributed by atoms with Crippen molar-refractivity contribution >= 4 is 11.9 Å². The van der Waals surface area contributed by atoms with Crippen molar-refractivity contribution in [2.24, 2.45) is 0 Å². The number of carboxylic acids is 1. The van der Waals surface area contributed by atoms with Crippen molar-refractivity contribution in [3.8, 4) is 5.69 Å². The summed E-state index contributed by atoms with van der Waals surface area (Å²) in [6.45, 7) is 1.39. The Labute approximate surface area is 151 Å². The molecule has 0 radical (unpaired) electrons. The van der Waals surface area contributed by atoms with E-state index in [-0.39, 0.29) is 25.4 Å². The maximum Gasteiger partial charge on any atom is 0.434 e. The molecule has 2 heterocycles. The Morgan fingerprint density at radius 2 is 1.93 bits per heavy atom. The second kappa shape index (κ2) is 7.03. The molecule has 0 unspecified atom stereocenters. The molecule has 0 bridgehead atoms. The van der Waals surface area contributed by atoms with Crippen molar-refractivity contribution in [1.29, 1.82) is 0 Å². The Morgan fingerprint density at radius 1 is 1.26 bits per heavy atom. The lowest BCUT2D eigenvalue weighted by atomic mass is 10.1. The number of carbonyl (C=O) groups excluding carboxylic acids is 1. The van der Waals surface area contributed by atoms with Crippen molar-refractivity contribution in [1.82, 2.24) is 14.7 Å². The summed E-state index contributed by atoms with van der Waals surface area (Å²) < 4.78 is 46.7. The lowest BCUT2D eigenvalue weighted by Crippen LogP contribution is -2.48. The predicted octanol–water partition coefficient (Wildman–Crippen LogP) is 2.13.